The lowest BCUT2D eigenvalue weighted by Gasteiger charge is -2.11. The summed E-state index contributed by atoms with van der Waals surface area (Å²) in [5.74, 6) is 0. The van der Waals surface area contributed by atoms with Gasteiger partial charge in [-0.1, -0.05) is 22.0 Å². The first-order chi connectivity index (χ1) is 8.88. The SMILES string of the molecule is Cc1cc(N)ccc1NS(=O)(=O)c1cccc(Br)c1. The number of hydrogen-bond donors (Lipinski definition) is 2. The van der Waals surface area contributed by atoms with E-state index in [2.05, 4.69) is 20.7 Å². The van der Waals surface area contributed by atoms with Crippen molar-refractivity contribution in [2.75, 3.05) is 10.5 Å². The average molecular weight is 341 g/mol. The van der Waals surface area contributed by atoms with Crippen molar-refractivity contribution in [3.8, 4) is 0 Å². The second kappa shape index (κ2) is 5.22. The smallest absolute Gasteiger partial charge is 0.261 e. The van der Waals surface area contributed by atoms with E-state index in [-0.39, 0.29) is 4.90 Å². The highest BCUT2D eigenvalue weighted by molar-refractivity contribution is 9.10. The van der Waals surface area contributed by atoms with Crippen molar-refractivity contribution in [2.45, 2.75) is 11.8 Å². The van der Waals surface area contributed by atoms with E-state index in [0.29, 0.717) is 15.8 Å². The van der Waals surface area contributed by atoms with Gasteiger partial charge in [0.2, 0.25) is 0 Å². The zero-order valence-electron chi connectivity index (χ0n) is 10.2. The Bertz CT molecular complexity index is 714. The molecule has 0 bridgehead atoms. The predicted molar refractivity (Wildman–Crippen MR) is 80.5 cm³/mol. The van der Waals surface area contributed by atoms with Crippen molar-refractivity contribution in [1.29, 1.82) is 0 Å². The Balaban J connectivity index is 2.36. The van der Waals surface area contributed by atoms with E-state index in [9.17, 15) is 8.42 Å². The molecule has 0 radical (unpaired) electrons. The average Bonchev–Trinajstić information content (AvgIpc) is 2.33. The third kappa shape index (κ3) is 3.27. The molecule has 100 valence electrons. The number of rotatable bonds is 3. The van der Waals surface area contributed by atoms with Gasteiger partial charge in [-0.2, -0.15) is 0 Å². The molecule has 0 aliphatic carbocycles. The molecule has 2 aromatic carbocycles. The molecule has 2 aromatic rings. The number of aryl methyl sites for hydroxylation is 1. The number of halogens is 1. The van der Waals surface area contributed by atoms with Gasteiger partial charge in [0.1, 0.15) is 0 Å². The minimum absolute atomic E-state index is 0.207. The molecule has 0 spiro atoms. The third-order valence-electron chi connectivity index (χ3n) is 2.60. The number of sulfonamides is 1. The molecule has 0 amide bonds. The molecule has 0 saturated heterocycles. The Morgan fingerprint density at radius 2 is 1.89 bits per heavy atom. The Labute approximate surface area is 120 Å². The van der Waals surface area contributed by atoms with Crippen LogP contribution >= 0.6 is 15.9 Å². The van der Waals surface area contributed by atoms with Crippen LogP contribution in [0.2, 0.25) is 0 Å². The van der Waals surface area contributed by atoms with Gasteiger partial charge in [-0.05, 0) is 48.9 Å². The number of nitrogens with two attached hydrogens (primary N) is 1. The molecule has 3 N–H and O–H groups in total. The first-order valence-corrected chi connectivity index (χ1v) is 7.80. The summed E-state index contributed by atoms with van der Waals surface area (Å²) in [5.41, 5.74) is 7.54. The first-order valence-electron chi connectivity index (χ1n) is 5.53. The van der Waals surface area contributed by atoms with Crippen molar-refractivity contribution in [3.05, 3.63) is 52.5 Å². The second-order valence-corrected chi connectivity index (χ2v) is 6.74. The van der Waals surface area contributed by atoms with Crippen molar-refractivity contribution in [3.63, 3.8) is 0 Å². The van der Waals surface area contributed by atoms with Crippen LogP contribution in [0.5, 0.6) is 0 Å². The molecule has 4 nitrogen and oxygen atoms in total. The lowest BCUT2D eigenvalue weighted by Crippen LogP contribution is -2.13. The summed E-state index contributed by atoms with van der Waals surface area (Å²) in [4.78, 5) is 0.207. The van der Waals surface area contributed by atoms with Crippen LogP contribution in [0.25, 0.3) is 0 Å². The molecule has 0 aliphatic heterocycles. The zero-order valence-corrected chi connectivity index (χ0v) is 12.6. The van der Waals surface area contributed by atoms with E-state index in [1.807, 2.05) is 0 Å². The first kappa shape index (κ1) is 13.9. The van der Waals surface area contributed by atoms with Crippen LogP contribution < -0.4 is 10.5 Å². The maximum Gasteiger partial charge on any atom is 0.261 e. The molecule has 0 fully saturated rings. The summed E-state index contributed by atoms with van der Waals surface area (Å²) in [6.07, 6.45) is 0. The Kier molecular flexibility index (Phi) is 3.82. The quantitative estimate of drug-likeness (QED) is 0.843. The molecule has 0 aliphatic rings. The van der Waals surface area contributed by atoms with Gasteiger partial charge in [-0.25, -0.2) is 8.42 Å². The molecular formula is C13H13BrN2O2S. The van der Waals surface area contributed by atoms with Crippen LogP contribution in [-0.2, 0) is 10.0 Å². The van der Waals surface area contributed by atoms with Gasteiger partial charge in [0.25, 0.3) is 10.0 Å². The van der Waals surface area contributed by atoms with Gasteiger partial charge in [-0.15, -0.1) is 0 Å². The molecule has 0 saturated carbocycles. The van der Waals surface area contributed by atoms with E-state index < -0.39 is 10.0 Å². The fourth-order valence-corrected chi connectivity index (χ4v) is 3.37. The number of benzene rings is 2. The third-order valence-corrected chi connectivity index (χ3v) is 4.46. The van der Waals surface area contributed by atoms with Gasteiger partial charge in [-0.3, -0.25) is 4.72 Å². The molecular weight excluding hydrogens is 328 g/mol. The monoisotopic (exact) mass is 340 g/mol. The fourth-order valence-electron chi connectivity index (χ4n) is 1.64. The van der Waals surface area contributed by atoms with Gasteiger partial charge in [0, 0.05) is 10.2 Å². The highest BCUT2D eigenvalue weighted by Gasteiger charge is 2.15. The van der Waals surface area contributed by atoms with Crippen LogP contribution in [0.4, 0.5) is 11.4 Å². The zero-order chi connectivity index (χ0) is 14.0. The summed E-state index contributed by atoms with van der Waals surface area (Å²) < 4.78 is 27.7. The minimum Gasteiger partial charge on any atom is -0.399 e. The molecule has 6 heteroatoms. The number of anilines is 2. The second-order valence-electron chi connectivity index (χ2n) is 4.14. The van der Waals surface area contributed by atoms with Gasteiger partial charge in [0.15, 0.2) is 0 Å². The number of nitrogen functional groups attached to an aromatic ring is 1. The van der Waals surface area contributed by atoms with Crippen LogP contribution in [-0.4, -0.2) is 8.42 Å². The van der Waals surface area contributed by atoms with E-state index in [4.69, 9.17) is 5.73 Å². The topological polar surface area (TPSA) is 72.2 Å². The standard InChI is InChI=1S/C13H13BrN2O2S/c1-9-7-11(15)5-6-13(9)16-19(17,18)12-4-2-3-10(14)8-12/h2-8,16H,15H2,1H3. The van der Waals surface area contributed by atoms with E-state index in [0.717, 1.165) is 5.56 Å². The highest BCUT2D eigenvalue weighted by Crippen LogP contribution is 2.23. The van der Waals surface area contributed by atoms with Gasteiger partial charge >= 0.3 is 0 Å². The number of hydrogen-bond acceptors (Lipinski definition) is 3. The Hall–Kier alpha value is -1.53. The summed E-state index contributed by atoms with van der Waals surface area (Å²) in [6, 6.07) is 11.6. The normalized spacial score (nSPS) is 11.3. The van der Waals surface area contributed by atoms with Crippen molar-refractivity contribution in [1.82, 2.24) is 0 Å². The van der Waals surface area contributed by atoms with Crippen LogP contribution in [0.15, 0.2) is 51.8 Å². The largest absolute Gasteiger partial charge is 0.399 e. The molecule has 0 heterocycles. The van der Waals surface area contributed by atoms with E-state index in [1.165, 1.54) is 0 Å². The van der Waals surface area contributed by atoms with Crippen molar-refractivity contribution in [2.24, 2.45) is 0 Å². The Morgan fingerprint density at radius 1 is 1.16 bits per heavy atom. The highest BCUT2D eigenvalue weighted by atomic mass is 79.9. The van der Waals surface area contributed by atoms with E-state index >= 15 is 0 Å². The van der Waals surface area contributed by atoms with Gasteiger partial charge in [0.05, 0.1) is 10.6 Å². The van der Waals surface area contributed by atoms with Crippen LogP contribution in [0.1, 0.15) is 5.56 Å². The summed E-state index contributed by atoms with van der Waals surface area (Å²) in [7, 11) is -3.59. The molecule has 19 heavy (non-hydrogen) atoms. The minimum atomic E-state index is -3.59. The fraction of sp³-hybridized carbons (Fsp3) is 0.0769. The molecule has 0 aromatic heterocycles. The summed E-state index contributed by atoms with van der Waals surface area (Å²) >= 11 is 3.26. The van der Waals surface area contributed by atoms with Crippen LogP contribution in [0, 0.1) is 6.92 Å². The summed E-state index contributed by atoms with van der Waals surface area (Å²) in [6.45, 7) is 1.80. The van der Waals surface area contributed by atoms with Crippen LogP contribution in [0.3, 0.4) is 0 Å². The molecule has 2 rings (SSSR count). The molecule has 0 atom stereocenters. The Morgan fingerprint density at radius 3 is 2.53 bits per heavy atom. The lowest BCUT2D eigenvalue weighted by molar-refractivity contribution is 0.601. The van der Waals surface area contributed by atoms with Crippen molar-refractivity contribution < 1.29 is 8.42 Å². The lowest BCUT2D eigenvalue weighted by atomic mass is 10.2. The number of nitrogens with one attached hydrogen (secondary N) is 1. The maximum absolute atomic E-state index is 12.2. The predicted octanol–water partition coefficient (Wildman–Crippen LogP) is 3.14. The maximum atomic E-state index is 12.2. The van der Waals surface area contributed by atoms with Crippen molar-refractivity contribution >= 4 is 37.3 Å². The van der Waals surface area contributed by atoms with E-state index in [1.54, 1.807) is 49.4 Å². The molecule has 0 unspecified atom stereocenters. The summed E-state index contributed by atoms with van der Waals surface area (Å²) in [5, 5.41) is 0. The van der Waals surface area contributed by atoms with Gasteiger partial charge < -0.3 is 5.73 Å².